The first-order chi connectivity index (χ1) is 7.57. The predicted octanol–water partition coefficient (Wildman–Crippen LogP) is 2.20. The summed E-state index contributed by atoms with van der Waals surface area (Å²) in [5.41, 5.74) is -6.39. The van der Waals surface area contributed by atoms with Crippen LogP contribution in [0, 0.1) is 17.0 Å². The lowest BCUT2D eigenvalue weighted by atomic mass is 10.2. The van der Waals surface area contributed by atoms with Crippen molar-refractivity contribution in [1.29, 1.82) is 0 Å². The van der Waals surface area contributed by atoms with Crippen molar-refractivity contribution < 1.29 is 26.5 Å². The summed E-state index contributed by atoms with van der Waals surface area (Å²) in [5.74, 6) is 0. The van der Waals surface area contributed by atoms with Gasteiger partial charge in [-0.2, -0.15) is 13.2 Å². The molecule has 94 valence electrons. The van der Waals surface area contributed by atoms with Gasteiger partial charge in [-0.25, -0.2) is 8.42 Å². The van der Waals surface area contributed by atoms with Gasteiger partial charge in [0.1, 0.15) is 0 Å². The van der Waals surface area contributed by atoms with Crippen LogP contribution in [0.4, 0.5) is 18.9 Å². The predicted molar refractivity (Wildman–Crippen MR) is 51.1 cm³/mol. The molecule has 17 heavy (non-hydrogen) atoms. The molecule has 0 radical (unpaired) electrons. The summed E-state index contributed by atoms with van der Waals surface area (Å²) in [5, 5.41) is 10.4. The standard InChI is InChI=1S/C8H6F3NO4S/c1-5-2-3-6(12(13)14)4-7(5)17(15,16)8(9,10)11/h2-4H,1H3. The van der Waals surface area contributed by atoms with Gasteiger partial charge in [0.25, 0.3) is 15.5 Å². The second-order valence-corrected chi connectivity index (χ2v) is 5.07. The number of non-ortho nitro benzene ring substituents is 1. The molecule has 0 fully saturated rings. The van der Waals surface area contributed by atoms with Gasteiger partial charge in [-0.15, -0.1) is 0 Å². The number of nitro benzene ring substituents is 1. The van der Waals surface area contributed by atoms with Crippen LogP contribution in [0.2, 0.25) is 0 Å². The Bertz CT molecular complexity index is 565. The first kappa shape index (κ1) is 13.4. The fraction of sp³-hybridized carbons (Fsp3) is 0.250. The lowest BCUT2D eigenvalue weighted by Gasteiger charge is -2.09. The van der Waals surface area contributed by atoms with E-state index in [-0.39, 0.29) is 5.56 Å². The Balaban J connectivity index is 3.52. The Kier molecular flexibility index (Phi) is 3.15. The monoisotopic (exact) mass is 269 g/mol. The van der Waals surface area contributed by atoms with Crippen molar-refractivity contribution in [3.05, 3.63) is 33.9 Å². The van der Waals surface area contributed by atoms with Crippen LogP contribution >= 0.6 is 0 Å². The van der Waals surface area contributed by atoms with E-state index in [0.717, 1.165) is 19.1 Å². The van der Waals surface area contributed by atoms with Gasteiger partial charge in [0.15, 0.2) is 0 Å². The summed E-state index contributed by atoms with van der Waals surface area (Å²) in [7, 11) is -5.57. The molecular formula is C8H6F3NO4S. The zero-order valence-corrected chi connectivity index (χ0v) is 9.17. The average Bonchev–Trinajstić information content (AvgIpc) is 2.15. The second-order valence-electron chi connectivity index (χ2n) is 3.16. The number of rotatable bonds is 2. The fourth-order valence-electron chi connectivity index (χ4n) is 1.12. The van der Waals surface area contributed by atoms with Gasteiger partial charge in [0.2, 0.25) is 0 Å². The van der Waals surface area contributed by atoms with Crippen LogP contribution in [0.3, 0.4) is 0 Å². The van der Waals surface area contributed by atoms with E-state index in [1.54, 1.807) is 0 Å². The van der Waals surface area contributed by atoms with E-state index in [2.05, 4.69) is 0 Å². The molecule has 0 aliphatic carbocycles. The van der Waals surface area contributed by atoms with Crippen LogP contribution in [0.25, 0.3) is 0 Å². The number of nitrogens with zero attached hydrogens (tertiary/aromatic N) is 1. The maximum Gasteiger partial charge on any atom is 0.501 e. The fourth-order valence-corrected chi connectivity index (χ4v) is 2.13. The molecule has 9 heteroatoms. The van der Waals surface area contributed by atoms with Crippen LogP contribution in [-0.4, -0.2) is 18.8 Å². The van der Waals surface area contributed by atoms with Crippen molar-refractivity contribution >= 4 is 15.5 Å². The highest BCUT2D eigenvalue weighted by molar-refractivity contribution is 7.92. The largest absolute Gasteiger partial charge is 0.501 e. The van der Waals surface area contributed by atoms with Crippen LogP contribution in [0.1, 0.15) is 5.56 Å². The molecule has 0 heterocycles. The summed E-state index contributed by atoms with van der Waals surface area (Å²) in [4.78, 5) is 8.31. The number of alkyl halides is 3. The average molecular weight is 269 g/mol. The van der Waals surface area contributed by atoms with Gasteiger partial charge < -0.3 is 0 Å². The summed E-state index contributed by atoms with van der Waals surface area (Å²) in [6.07, 6.45) is 0. The Morgan fingerprint density at radius 1 is 1.29 bits per heavy atom. The highest BCUT2D eigenvalue weighted by atomic mass is 32.2. The van der Waals surface area contributed by atoms with E-state index in [1.165, 1.54) is 0 Å². The smallest absolute Gasteiger partial charge is 0.258 e. The van der Waals surface area contributed by atoms with Gasteiger partial charge in [0, 0.05) is 12.1 Å². The van der Waals surface area contributed by atoms with Crippen LogP contribution in [-0.2, 0) is 9.84 Å². The number of halogens is 3. The number of nitro groups is 1. The molecule has 0 bridgehead atoms. The first-order valence-corrected chi connectivity index (χ1v) is 5.62. The Labute approximate surface area is 93.9 Å². The minimum Gasteiger partial charge on any atom is -0.258 e. The molecule has 0 saturated heterocycles. The molecule has 1 aromatic rings. The SMILES string of the molecule is Cc1ccc([N+](=O)[O-])cc1S(=O)(=O)C(F)(F)F. The molecule has 0 atom stereocenters. The van der Waals surface area contributed by atoms with Crippen molar-refractivity contribution in [3.8, 4) is 0 Å². The first-order valence-electron chi connectivity index (χ1n) is 4.14. The molecule has 0 aliphatic rings. The molecule has 1 rings (SSSR count). The Morgan fingerprint density at radius 2 is 1.82 bits per heavy atom. The molecule has 0 spiro atoms. The highest BCUT2D eigenvalue weighted by Gasteiger charge is 2.47. The molecule has 0 amide bonds. The van der Waals surface area contributed by atoms with E-state index >= 15 is 0 Å². The zero-order chi connectivity index (χ0) is 13.4. The van der Waals surface area contributed by atoms with Gasteiger partial charge in [-0.1, -0.05) is 6.07 Å². The molecule has 5 nitrogen and oxygen atoms in total. The molecular weight excluding hydrogens is 263 g/mol. The van der Waals surface area contributed by atoms with Crippen LogP contribution in [0.15, 0.2) is 23.1 Å². The van der Waals surface area contributed by atoms with Crippen molar-refractivity contribution in [2.75, 3.05) is 0 Å². The number of aryl methyl sites for hydroxylation is 1. The molecule has 0 aromatic heterocycles. The van der Waals surface area contributed by atoms with E-state index < -0.39 is 30.9 Å². The quantitative estimate of drug-likeness (QED) is 0.609. The van der Waals surface area contributed by atoms with Crippen molar-refractivity contribution in [3.63, 3.8) is 0 Å². The minimum atomic E-state index is -5.57. The number of hydrogen-bond acceptors (Lipinski definition) is 4. The lowest BCUT2D eigenvalue weighted by Crippen LogP contribution is -2.24. The van der Waals surface area contributed by atoms with E-state index in [4.69, 9.17) is 0 Å². The summed E-state index contributed by atoms with van der Waals surface area (Å²) in [6, 6.07) is 2.29. The Hall–Kier alpha value is -1.64. The Morgan fingerprint density at radius 3 is 2.24 bits per heavy atom. The van der Waals surface area contributed by atoms with E-state index in [0.29, 0.717) is 6.07 Å². The third kappa shape index (κ3) is 2.38. The second kappa shape index (κ2) is 3.99. The van der Waals surface area contributed by atoms with E-state index in [1.807, 2.05) is 0 Å². The van der Waals surface area contributed by atoms with Gasteiger partial charge >= 0.3 is 5.51 Å². The normalized spacial score (nSPS) is 12.5. The molecule has 0 saturated carbocycles. The molecule has 0 aliphatic heterocycles. The molecule has 0 N–H and O–H groups in total. The lowest BCUT2D eigenvalue weighted by molar-refractivity contribution is -0.385. The third-order valence-electron chi connectivity index (χ3n) is 1.98. The molecule has 0 unspecified atom stereocenters. The van der Waals surface area contributed by atoms with Crippen molar-refractivity contribution in [2.45, 2.75) is 17.3 Å². The summed E-state index contributed by atoms with van der Waals surface area (Å²) < 4.78 is 59.0. The number of benzene rings is 1. The van der Waals surface area contributed by atoms with Crippen LogP contribution < -0.4 is 0 Å². The maximum absolute atomic E-state index is 12.3. The minimum absolute atomic E-state index is 0.201. The van der Waals surface area contributed by atoms with Gasteiger partial charge in [-0.3, -0.25) is 10.1 Å². The maximum atomic E-state index is 12.3. The third-order valence-corrected chi connectivity index (χ3v) is 3.61. The van der Waals surface area contributed by atoms with Gasteiger partial charge in [-0.05, 0) is 12.5 Å². The highest BCUT2D eigenvalue weighted by Crippen LogP contribution is 2.33. The van der Waals surface area contributed by atoms with Crippen molar-refractivity contribution in [1.82, 2.24) is 0 Å². The zero-order valence-electron chi connectivity index (χ0n) is 8.35. The van der Waals surface area contributed by atoms with E-state index in [9.17, 15) is 31.7 Å². The van der Waals surface area contributed by atoms with Gasteiger partial charge in [0.05, 0.1) is 9.82 Å². The molecule has 1 aromatic carbocycles. The van der Waals surface area contributed by atoms with Crippen LogP contribution in [0.5, 0.6) is 0 Å². The number of sulfone groups is 1. The van der Waals surface area contributed by atoms with Crippen molar-refractivity contribution in [2.24, 2.45) is 0 Å². The summed E-state index contributed by atoms with van der Waals surface area (Å²) in [6.45, 7) is 1.13. The topological polar surface area (TPSA) is 77.3 Å². The summed E-state index contributed by atoms with van der Waals surface area (Å²) >= 11 is 0. The number of hydrogen-bond donors (Lipinski definition) is 0.